The highest BCUT2D eigenvalue weighted by atomic mass is 35.5. The van der Waals surface area contributed by atoms with E-state index < -0.39 is 0 Å². The van der Waals surface area contributed by atoms with E-state index in [1.54, 1.807) is 4.90 Å². The smallest absolute Gasteiger partial charge is 0.237 e. The van der Waals surface area contributed by atoms with Crippen molar-refractivity contribution in [2.75, 3.05) is 17.2 Å². The number of hydrogen-bond donors (Lipinski definition) is 0. The van der Waals surface area contributed by atoms with Crippen LogP contribution >= 0.6 is 23.4 Å². The van der Waals surface area contributed by atoms with E-state index in [9.17, 15) is 4.79 Å². The number of anilines is 1. The van der Waals surface area contributed by atoms with Gasteiger partial charge in [0.05, 0.1) is 5.75 Å². The van der Waals surface area contributed by atoms with Crippen molar-refractivity contribution < 1.29 is 4.79 Å². The molecule has 0 spiro atoms. The monoisotopic (exact) mass is 400 g/mol. The summed E-state index contributed by atoms with van der Waals surface area (Å²) < 4.78 is 1.89. The van der Waals surface area contributed by atoms with Crippen molar-refractivity contribution >= 4 is 35.0 Å². The van der Waals surface area contributed by atoms with Crippen LogP contribution in [0.4, 0.5) is 5.69 Å². The molecule has 0 saturated heterocycles. The molecule has 0 aliphatic heterocycles. The van der Waals surface area contributed by atoms with Crippen molar-refractivity contribution in [3.63, 3.8) is 0 Å². The Morgan fingerprint density at radius 3 is 2.52 bits per heavy atom. The summed E-state index contributed by atoms with van der Waals surface area (Å²) in [5.41, 5.74) is 2.97. The highest BCUT2D eigenvalue weighted by molar-refractivity contribution is 7.99. The minimum absolute atomic E-state index is 0.0489. The zero-order valence-corrected chi connectivity index (χ0v) is 17.1. The van der Waals surface area contributed by atoms with Crippen molar-refractivity contribution in [3.05, 3.63) is 59.1 Å². The lowest BCUT2D eigenvalue weighted by Crippen LogP contribution is -2.32. The van der Waals surface area contributed by atoms with Crippen LogP contribution in [0.3, 0.4) is 0 Å². The SMILES string of the molecule is CCN(C(=O)CSc1nnc(-c2ccc(Cl)cc2)n1C)c1ccccc1C. The molecule has 0 unspecified atom stereocenters. The van der Waals surface area contributed by atoms with Crippen molar-refractivity contribution in [1.29, 1.82) is 0 Å². The Kier molecular flexibility index (Phi) is 6.19. The van der Waals surface area contributed by atoms with Gasteiger partial charge in [-0.25, -0.2) is 0 Å². The number of thioether (sulfide) groups is 1. The average molecular weight is 401 g/mol. The van der Waals surface area contributed by atoms with Gasteiger partial charge in [0, 0.05) is 29.9 Å². The maximum Gasteiger partial charge on any atom is 0.237 e. The zero-order valence-electron chi connectivity index (χ0n) is 15.5. The molecule has 1 heterocycles. The van der Waals surface area contributed by atoms with Gasteiger partial charge in [0.1, 0.15) is 0 Å². The fourth-order valence-corrected chi connectivity index (χ4v) is 3.76. The predicted octanol–water partition coefficient (Wildman–Crippen LogP) is 4.59. The summed E-state index contributed by atoms with van der Waals surface area (Å²) in [6.45, 7) is 4.62. The second-order valence-corrected chi connectivity index (χ2v) is 7.46. The van der Waals surface area contributed by atoms with Crippen LogP contribution in [0.25, 0.3) is 11.4 Å². The molecule has 7 heteroatoms. The summed E-state index contributed by atoms with van der Waals surface area (Å²) in [7, 11) is 1.90. The molecule has 0 bridgehead atoms. The van der Waals surface area contributed by atoms with Crippen LogP contribution in [0.2, 0.25) is 5.02 Å². The molecule has 140 valence electrons. The third-order valence-electron chi connectivity index (χ3n) is 4.29. The van der Waals surface area contributed by atoms with Crippen molar-refractivity contribution in [2.45, 2.75) is 19.0 Å². The Labute approximate surface area is 168 Å². The largest absolute Gasteiger partial charge is 0.312 e. The summed E-state index contributed by atoms with van der Waals surface area (Å²) in [6, 6.07) is 15.4. The Hall–Kier alpha value is -2.31. The lowest BCUT2D eigenvalue weighted by molar-refractivity contribution is -0.116. The molecule has 1 amide bonds. The second kappa shape index (κ2) is 8.59. The minimum atomic E-state index is 0.0489. The molecule has 0 fully saturated rings. The van der Waals surface area contributed by atoms with Crippen molar-refractivity contribution in [3.8, 4) is 11.4 Å². The fraction of sp³-hybridized carbons (Fsp3) is 0.250. The number of aromatic nitrogens is 3. The topological polar surface area (TPSA) is 51.0 Å². The Morgan fingerprint density at radius 1 is 1.15 bits per heavy atom. The van der Waals surface area contributed by atoms with E-state index in [1.807, 2.05) is 74.0 Å². The number of rotatable bonds is 6. The van der Waals surface area contributed by atoms with Crippen LogP contribution in [-0.2, 0) is 11.8 Å². The fourth-order valence-electron chi connectivity index (χ4n) is 2.84. The van der Waals surface area contributed by atoms with Crippen molar-refractivity contribution in [1.82, 2.24) is 14.8 Å². The number of hydrogen-bond acceptors (Lipinski definition) is 4. The molecule has 0 radical (unpaired) electrons. The normalized spacial score (nSPS) is 10.8. The van der Waals surface area contributed by atoms with Gasteiger partial charge in [-0.1, -0.05) is 41.6 Å². The van der Waals surface area contributed by atoms with Gasteiger partial charge >= 0.3 is 0 Å². The van der Waals surface area contributed by atoms with Crippen LogP contribution in [-0.4, -0.2) is 33.0 Å². The first-order valence-corrected chi connectivity index (χ1v) is 10.0. The van der Waals surface area contributed by atoms with Gasteiger partial charge < -0.3 is 9.47 Å². The number of para-hydroxylation sites is 1. The first-order valence-electron chi connectivity index (χ1n) is 8.65. The van der Waals surface area contributed by atoms with Crippen LogP contribution < -0.4 is 4.90 Å². The van der Waals surface area contributed by atoms with E-state index in [0.717, 1.165) is 22.6 Å². The lowest BCUT2D eigenvalue weighted by Gasteiger charge is -2.22. The van der Waals surface area contributed by atoms with Gasteiger partial charge in [-0.2, -0.15) is 0 Å². The predicted molar refractivity (Wildman–Crippen MR) is 111 cm³/mol. The maximum atomic E-state index is 12.8. The maximum absolute atomic E-state index is 12.8. The standard InChI is InChI=1S/C20H21ClN4OS/c1-4-25(17-8-6-5-7-14(17)2)18(26)13-27-20-23-22-19(24(20)3)15-9-11-16(21)12-10-15/h5-12H,4,13H2,1-3H3. The zero-order chi connectivity index (χ0) is 19.4. The van der Waals surface area contributed by atoms with Gasteiger partial charge in [0.25, 0.3) is 0 Å². The molecular formula is C20H21ClN4OS. The number of carbonyl (C=O) groups is 1. The summed E-state index contributed by atoms with van der Waals surface area (Å²) in [6.07, 6.45) is 0. The first kappa shape index (κ1) is 19.5. The van der Waals surface area contributed by atoms with Gasteiger partial charge in [0.2, 0.25) is 5.91 Å². The molecule has 0 aliphatic carbocycles. The summed E-state index contributed by atoms with van der Waals surface area (Å²) in [5.74, 6) is 1.09. The summed E-state index contributed by atoms with van der Waals surface area (Å²) in [4.78, 5) is 14.6. The Balaban J connectivity index is 1.72. The minimum Gasteiger partial charge on any atom is -0.312 e. The number of amides is 1. The third kappa shape index (κ3) is 4.34. The van der Waals surface area contributed by atoms with E-state index >= 15 is 0 Å². The van der Waals surface area contributed by atoms with Crippen molar-refractivity contribution in [2.24, 2.45) is 7.05 Å². The summed E-state index contributed by atoms with van der Waals surface area (Å²) >= 11 is 7.33. The Morgan fingerprint density at radius 2 is 1.85 bits per heavy atom. The van der Waals surface area contributed by atoms with Crippen LogP contribution in [0.5, 0.6) is 0 Å². The van der Waals surface area contributed by atoms with Crippen LogP contribution in [0.15, 0.2) is 53.7 Å². The quantitative estimate of drug-likeness (QED) is 0.568. The highest BCUT2D eigenvalue weighted by Crippen LogP contribution is 2.25. The van der Waals surface area contributed by atoms with E-state index in [1.165, 1.54) is 11.8 Å². The van der Waals surface area contributed by atoms with Gasteiger partial charge in [-0.15, -0.1) is 10.2 Å². The van der Waals surface area contributed by atoms with E-state index in [-0.39, 0.29) is 5.91 Å². The lowest BCUT2D eigenvalue weighted by atomic mass is 10.2. The second-order valence-electron chi connectivity index (χ2n) is 6.09. The van der Waals surface area contributed by atoms with Gasteiger partial charge in [-0.05, 0) is 49.7 Å². The molecule has 0 N–H and O–H groups in total. The molecule has 3 rings (SSSR count). The van der Waals surface area contributed by atoms with Crippen LogP contribution in [0.1, 0.15) is 12.5 Å². The molecule has 2 aromatic carbocycles. The number of carbonyl (C=O) groups excluding carboxylic acids is 1. The van der Waals surface area contributed by atoms with Crippen LogP contribution in [0, 0.1) is 6.92 Å². The summed E-state index contributed by atoms with van der Waals surface area (Å²) in [5, 5.41) is 9.87. The van der Waals surface area contributed by atoms with E-state index in [4.69, 9.17) is 11.6 Å². The molecule has 27 heavy (non-hydrogen) atoms. The molecule has 5 nitrogen and oxygen atoms in total. The molecule has 0 atom stereocenters. The number of halogens is 1. The van der Waals surface area contributed by atoms with Gasteiger partial charge in [-0.3, -0.25) is 4.79 Å². The van der Waals surface area contributed by atoms with Gasteiger partial charge in [0.15, 0.2) is 11.0 Å². The molecular weight excluding hydrogens is 380 g/mol. The molecule has 0 saturated carbocycles. The number of benzene rings is 2. The third-order valence-corrected chi connectivity index (χ3v) is 5.54. The molecule has 0 aliphatic rings. The van der Waals surface area contributed by atoms with E-state index in [0.29, 0.717) is 22.5 Å². The molecule has 3 aromatic rings. The highest BCUT2D eigenvalue weighted by Gasteiger charge is 2.18. The Bertz CT molecular complexity index is 939. The number of nitrogens with zero attached hydrogens (tertiary/aromatic N) is 4. The number of aryl methyl sites for hydroxylation is 1. The first-order chi connectivity index (χ1) is 13.0. The molecule has 1 aromatic heterocycles. The van der Waals surface area contributed by atoms with E-state index in [2.05, 4.69) is 10.2 Å². The average Bonchev–Trinajstić information content (AvgIpc) is 3.03.